The Labute approximate surface area is 196 Å². The maximum atomic E-state index is 14.5. The Morgan fingerprint density at radius 3 is 2.82 bits per heavy atom. The van der Waals surface area contributed by atoms with E-state index in [0.717, 1.165) is 18.6 Å². The summed E-state index contributed by atoms with van der Waals surface area (Å²) in [6, 6.07) is 6.26. The molecule has 0 saturated carbocycles. The van der Waals surface area contributed by atoms with E-state index in [2.05, 4.69) is 15.4 Å². The lowest BCUT2D eigenvalue weighted by molar-refractivity contribution is 0.216. The van der Waals surface area contributed by atoms with E-state index < -0.39 is 22.7 Å². The smallest absolute Gasteiger partial charge is 0.323 e. The standard InChI is InChI=1S/C22H22F2N6O3S/c23-14-3-4-17(24)16(12-14)18-2-1-9-29(18)20-6-5-19-25-13-21(30(19)27-20)26-22(31)28-10-7-15(8-11-28)34(32)33/h3-7,12-13,18H,1-2,8-11H2,(H,26,31)(H,32,33). The molecule has 1 fully saturated rings. The molecule has 2 aromatic heterocycles. The van der Waals surface area contributed by atoms with Crippen LogP contribution < -0.4 is 10.2 Å². The fourth-order valence-corrected chi connectivity index (χ4v) is 4.90. The number of imidazole rings is 1. The van der Waals surface area contributed by atoms with Crippen LogP contribution in [0, 0.1) is 11.6 Å². The molecule has 178 valence electrons. The summed E-state index contributed by atoms with van der Waals surface area (Å²) >= 11 is -2.02. The van der Waals surface area contributed by atoms with Crippen molar-refractivity contribution >= 4 is 34.4 Å². The summed E-state index contributed by atoms with van der Waals surface area (Å²) < 4.78 is 50.1. The van der Waals surface area contributed by atoms with E-state index in [1.54, 1.807) is 18.2 Å². The van der Waals surface area contributed by atoms with E-state index in [4.69, 9.17) is 0 Å². The van der Waals surface area contributed by atoms with E-state index in [0.29, 0.717) is 53.7 Å². The van der Waals surface area contributed by atoms with Gasteiger partial charge in [-0.2, -0.15) is 4.52 Å². The predicted molar refractivity (Wildman–Crippen MR) is 123 cm³/mol. The predicted octanol–water partition coefficient (Wildman–Crippen LogP) is 3.69. The van der Waals surface area contributed by atoms with Crippen molar-refractivity contribution in [1.82, 2.24) is 19.5 Å². The molecule has 1 aromatic carbocycles. The number of amides is 2. The van der Waals surface area contributed by atoms with Crippen LogP contribution in [0.5, 0.6) is 0 Å². The van der Waals surface area contributed by atoms with Gasteiger partial charge in [-0.1, -0.05) is 6.08 Å². The zero-order chi connectivity index (χ0) is 23.8. The van der Waals surface area contributed by atoms with Gasteiger partial charge in [0, 0.05) is 36.5 Å². The molecule has 0 radical (unpaired) electrons. The summed E-state index contributed by atoms with van der Waals surface area (Å²) in [5.41, 5.74) is 0.808. The Morgan fingerprint density at radius 1 is 1.21 bits per heavy atom. The third-order valence-corrected chi connectivity index (χ3v) is 6.95. The van der Waals surface area contributed by atoms with Crippen LogP contribution in [0.1, 0.15) is 30.9 Å². The highest BCUT2D eigenvalue weighted by Gasteiger charge is 2.30. The quantitative estimate of drug-likeness (QED) is 0.543. The molecule has 4 heterocycles. The summed E-state index contributed by atoms with van der Waals surface area (Å²) in [5.74, 6) is -0.0342. The number of nitrogens with zero attached hydrogens (tertiary/aromatic N) is 5. The summed E-state index contributed by atoms with van der Waals surface area (Å²) in [7, 11) is 0. The van der Waals surface area contributed by atoms with Gasteiger partial charge in [0.15, 0.2) is 22.5 Å². The van der Waals surface area contributed by atoms with Crippen LogP contribution in [-0.2, 0) is 11.1 Å². The molecule has 12 heteroatoms. The van der Waals surface area contributed by atoms with Crippen LogP contribution >= 0.6 is 0 Å². The van der Waals surface area contributed by atoms with Crippen molar-refractivity contribution in [1.29, 1.82) is 0 Å². The van der Waals surface area contributed by atoms with Crippen LogP contribution in [0.4, 0.5) is 25.2 Å². The van der Waals surface area contributed by atoms with Gasteiger partial charge in [0.1, 0.15) is 17.5 Å². The molecule has 2 N–H and O–H groups in total. The average molecular weight is 489 g/mol. The van der Waals surface area contributed by atoms with E-state index in [-0.39, 0.29) is 18.6 Å². The zero-order valence-corrected chi connectivity index (χ0v) is 18.8. The number of aromatic nitrogens is 3. The second kappa shape index (κ2) is 9.11. The van der Waals surface area contributed by atoms with Gasteiger partial charge >= 0.3 is 6.03 Å². The van der Waals surface area contributed by atoms with Crippen LogP contribution in [-0.4, -0.2) is 53.9 Å². The molecule has 3 aromatic rings. The minimum Gasteiger partial charge on any atom is -0.348 e. The first kappa shape index (κ1) is 22.4. The van der Waals surface area contributed by atoms with Gasteiger partial charge in [-0.3, -0.25) is 5.32 Å². The normalized spacial score (nSPS) is 19.4. The lowest BCUT2D eigenvalue weighted by atomic mass is 10.0. The summed E-state index contributed by atoms with van der Waals surface area (Å²) in [6.45, 7) is 1.16. The Balaban J connectivity index is 1.38. The second-order valence-corrected chi connectivity index (χ2v) is 9.19. The van der Waals surface area contributed by atoms with Crippen molar-refractivity contribution in [2.45, 2.75) is 25.3 Å². The highest BCUT2D eigenvalue weighted by molar-refractivity contribution is 7.83. The van der Waals surface area contributed by atoms with Crippen molar-refractivity contribution < 1.29 is 22.3 Å². The number of rotatable bonds is 4. The number of urea groups is 1. The van der Waals surface area contributed by atoms with Gasteiger partial charge in [-0.05, 0) is 43.2 Å². The average Bonchev–Trinajstić information content (AvgIpc) is 3.48. The largest absolute Gasteiger partial charge is 0.348 e. The van der Waals surface area contributed by atoms with Crippen LogP contribution in [0.3, 0.4) is 0 Å². The molecule has 0 aliphatic carbocycles. The number of halogens is 2. The highest BCUT2D eigenvalue weighted by atomic mass is 32.2. The lowest BCUT2D eigenvalue weighted by Gasteiger charge is -2.27. The number of hydrogen-bond donors (Lipinski definition) is 2. The zero-order valence-electron chi connectivity index (χ0n) is 18.0. The van der Waals surface area contributed by atoms with Crippen LogP contribution in [0.15, 0.2) is 47.5 Å². The molecule has 2 atom stereocenters. The van der Waals surface area contributed by atoms with Crippen molar-refractivity contribution in [3.8, 4) is 0 Å². The van der Waals surface area contributed by atoms with Gasteiger partial charge in [0.25, 0.3) is 0 Å². The number of carbonyl (C=O) groups excluding carboxylic acids is 1. The summed E-state index contributed by atoms with van der Waals surface area (Å²) in [5, 5.41) is 7.41. The lowest BCUT2D eigenvalue weighted by Crippen LogP contribution is -2.38. The molecular weight excluding hydrogens is 466 g/mol. The first-order valence-electron chi connectivity index (χ1n) is 10.8. The number of carbonyl (C=O) groups is 1. The summed E-state index contributed by atoms with van der Waals surface area (Å²) in [6.07, 6.45) is 4.85. The molecule has 0 bridgehead atoms. The maximum Gasteiger partial charge on any atom is 0.323 e. The molecule has 9 nitrogen and oxygen atoms in total. The van der Waals surface area contributed by atoms with Crippen LogP contribution in [0.25, 0.3) is 5.65 Å². The Morgan fingerprint density at radius 2 is 2.06 bits per heavy atom. The fraction of sp³-hybridized carbons (Fsp3) is 0.318. The molecule has 34 heavy (non-hydrogen) atoms. The Bertz CT molecular complexity index is 1310. The van der Waals surface area contributed by atoms with E-state index in [1.807, 2.05) is 4.90 Å². The molecule has 5 rings (SSSR count). The maximum absolute atomic E-state index is 14.5. The Hall–Kier alpha value is -3.38. The second-order valence-electron chi connectivity index (χ2n) is 8.17. The van der Waals surface area contributed by atoms with Crippen LogP contribution in [0.2, 0.25) is 0 Å². The molecule has 2 aliphatic heterocycles. The first-order chi connectivity index (χ1) is 16.4. The van der Waals surface area contributed by atoms with Gasteiger partial charge < -0.3 is 14.4 Å². The van der Waals surface area contributed by atoms with Gasteiger partial charge in [-0.15, -0.1) is 5.10 Å². The third kappa shape index (κ3) is 4.26. The third-order valence-electron chi connectivity index (χ3n) is 6.13. The number of fused-ring (bicyclic) bond motifs is 1. The summed E-state index contributed by atoms with van der Waals surface area (Å²) in [4.78, 5) is 20.8. The minimum atomic E-state index is -2.02. The molecular formula is C22H22F2N6O3S. The molecule has 2 amide bonds. The molecule has 1 saturated heterocycles. The van der Waals surface area contributed by atoms with Gasteiger partial charge in [0.05, 0.1) is 12.2 Å². The van der Waals surface area contributed by atoms with Gasteiger partial charge in [0.2, 0.25) is 0 Å². The number of hydrogen-bond acceptors (Lipinski definition) is 5. The van der Waals surface area contributed by atoms with E-state index in [1.165, 1.54) is 21.7 Å². The minimum absolute atomic E-state index is 0.220. The van der Waals surface area contributed by atoms with Crippen molar-refractivity contribution in [2.75, 3.05) is 29.9 Å². The number of anilines is 2. The van der Waals surface area contributed by atoms with Crippen molar-refractivity contribution in [2.24, 2.45) is 0 Å². The first-order valence-corrected chi connectivity index (χ1v) is 11.9. The molecule has 0 spiro atoms. The van der Waals surface area contributed by atoms with Crippen molar-refractivity contribution in [3.05, 3.63) is 64.7 Å². The fourth-order valence-electron chi connectivity index (χ4n) is 4.42. The highest BCUT2D eigenvalue weighted by Crippen LogP contribution is 2.36. The Kier molecular flexibility index (Phi) is 6.00. The van der Waals surface area contributed by atoms with Crippen molar-refractivity contribution in [3.63, 3.8) is 0 Å². The number of benzene rings is 1. The van der Waals surface area contributed by atoms with E-state index in [9.17, 15) is 22.3 Å². The molecule has 2 unspecified atom stereocenters. The van der Waals surface area contributed by atoms with Gasteiger partial charge in [-0.25, -0.2) is 22.8 Å². The van der Waals surface area contributed by atoms with E-state index >= 15 is 0 Å². The topological polar surface area (TPSA) is 103 Å². The number of nitrogens with one attached hydrogen (secondary N) is 1. The monoisotopic (exact) mass is 488 g/mol. The molecule has 2 aliphatic rings. The SMILES string of the molecule is O=C(Nc1cnc2ccc(N3CCCC3c3cc(F)ccc3F)nn12)N1CC=C(S(=O)O)CC1.